The van der Waals surface area contributed by atoms with Crippen LogP contribution in [0.4, 0.5) is 0 Å². The lowest BCUT2D eigenvalue weighted by atomic mass is 9.82. The van der Waals surface area contributed by atoms with Crippen LogP contribution in [0.5, 0.6) is 0 Å². The molecule has 1 aliphatic heterocycles. The molecular weight excluding hydrogens is 220 g/mol. The predicted octanol–water partition coefficient (Wildman–Crippen LogP) is 1.42. The van der Waals surface area contributed by atoms with E-state index >= 15 is 0 Å². The summed E-state index contributed by atoms with van der Waals surface area (Å²) in [5, 5.41) is 13.2. The van der Waals surface area contributed by atoms with E-state index in [1.165, 1.54) is 6.42 Å². The molecule has 1 saturated carbocycles. The summed E-state index contributed by atoms with van der Waals surface area (Å²) in [5.41, 5.74) is 0. The van der Waals surface area contributed by atoms with E-state index in [-0.39, 0.29) is 18.1 Å². The third-order valence-corrected chi connectivity index (χ3v) is 3.63. The average molecular weight is 238 g/mol. The van der Waals surface area contributed by atoms with Gasteiger partial charge in [0.2, 0.25) is 5.89 Å². The summed E-state index contributed by atoms with van der Waals surface area (Å²) in [4.78, 5) is 4.39. The molecule has 0 bridgehead atoms. The first kappa shape index (κ1) is 11.2. The number of aromatic nitrogens is 2. The Morgan fingerprint density at radius 3 is 2.88 bits per heavy atom. The van der Waals surface area contributed by atoms with Crippen molar-refractivity contribution in [2.75, 3.05) is 6.61 Å². The quantitative estimate of drug-likeness (QED) is 0.862. The van der Waals surface area contributed by atoms with Crippen molar-refractivity contribution in [3.05, 3.63) is 11.7 Å². The fraction of sp³-hybridized carbons (Fsp3) is 0.833. The maximum Gasteiger partial charge on any atom is 0.229 e. The average Bonchev–Trinajstić information content (AvgIpc) is 2.74. The highest BCUT2D eigenvalue weighted by atomic mass is 16.5. The molecule has 0 radical (unpaired) electrons. The van der Waals surface area contributed by atoms with Crippen molar-refractivity contribution in [1.29, 1.82) is 0 Å². The van der Waals surface area contributed by atoms with E-state index in [9.17, 15) is 5.11 Å². The van der Waals surface area contributed by atoms with Gasteiger partial charge in [-0.05, 0) is 32.1 Å². The molecule has 1 saturated heterocycles. The van der Waals surface area contributed by atoms with Crippen molar-refractivity contribution in [3.63, 3.8) is 0 Å². The Bertz CT molecular complexity index is 368. The maximum absolute atomic E-state index is 9.24. The molecule has 1 aliphatic carbocycles. The topological polar surface area (TPSA) is 68.4 Å². The summed E-state index contributed by atoms with van der Waals surface area (Å²) >= 11 is 0. The molecule has 5 heteroatoms. The number of aliphatic hydroxyl groups is 1. The second kappa shape index (κ2) is 4.74. The number of rotatable bonds is 3. The number of nitrogens with zero attached hydrogens (tertiary/aromatic N) is 2. The van der Waals surface area contributed by atoms with Gasteiger partial charge in [0.25, 0.3) is 0 Å². The van der Waals surface area contributed by atoms with Gasteiger partial charge in [0.15, 0.2) is 5.82 Å². The molecule has 0 amide bonds. The normalized spacial score (nSPS) is 33.4. The van der Waals surface area contributed by atoms with Crippen LogP contribution in [-0.2, 0) is 11.2 Å². The number of aliphatic hydroxyl groups excluding tert-OH is 1. The van der Waals surface area contributed by atoms with Crippen molar-refractivity contribution in [3.8, 4) is 0 Å². The zero-order valence-corrected chi connectivity index (χ0v) is 9.84. The molecule has 1 N–H and O–H groups in total. The molecular formula is C12H18N2O3. The van der Waals surface area contributed by atoms with Gasteiger partial charge in [-0.2, -0.15) is 4.98 Å². The lowest BCUT2D eigenvalue weighted by molar-refractivity contribution is 0.0153. The Balaban J connectivity index is 1.56. The summed E-state index contributed by atoms with van der Waals surface area (Å²) in [6.45, 7) is 0.851. The monoisotopic (exact) mass is 238 g/mol. The molecule has 1 unspecified atom stereocenters. The fourth-order valence-corrected chi connectivity index (χ4v) is 2.48. The summed E-state index contributed by atoms with van der Waals surface area (Å²) < 4.78 is 10.9. The Morgan fingerprint density at radius 1 is 1.29 bits per heavy atom. The Labute approximate surface area is 100 Å². The van der Waals surface area contributed by atoms with E-state index < -0.39 is 0 Å². The maximum atomic E-state index is 9.24. The Hall–Kier alpha value is -0.940. The van der Waals surface area contributed by atoms with Crippen LogP contribution in [0.1, 0.15) is 49.7 Å². The van der Waals surface area contributed by atoms with Crippen LogP contribution in [-0.4, -0.2) is 34.1 Å². The van der Waals surface area contributed by atoms with E-state index in [0.29, 0.717) is 5.89 Å². The predicted molar refractivity (Wildman–Crippen MR) is 59.6 cm³/mol. The van der Waals surface area contributed by atoms with Gasteiger partial charge in [-0.3, -0.25) is 0 Å². The standard InChI is InChI=1S/C12H18N2O3/c15-9-5-8(6-9)12-13-11(14-17-12)7-10-3-1-2-4-16-10/h8-10,15H,1-7H2. The van der Waals surface area contributed by atoms with Crippen molar-refractivity contribution in [2.24, 2.45) is 0 Å². The first-order chi connectivity index (χ1) is 8.31. The molecule has 1 aromatic rings. The van der Waals surface area contributed by atoms with Crippen LogP contribution in [0.2, 0.25) is 0 Å². The van der Waals surface area contributed by atoms with E-state index in [1.54, 1.807) is 0 Å². The molecule has 2 heterocycles. The highest BCUT2D eigenvalue weighted by Crippen LogP contribution is 2.35. The number of ether oxygens (including phenoxy) is 1. The van der Waals surface area contributed by atoms with Gasteiger partial charge < -0.3 is 14.4 Å². The van der Waals surface area contributed by atoms with Gasteiger partial charge in [-0.15, -0.1) is 0 Å². The van der Waals surface area contributed by atoms with Crippen LogP contribution in [0.15, 0.2) is 4.52 Å². The Kier molecular flexibility index (Phi) is 3.11. The molecule has 5 nitrogen and oxygen atoms in total. The van der Waals surface area contributed by atoms with Crippen LogP contribution in [0, 0.1) is 0 Å². The van der Waals surface area contributed by atoms with Crippen LogP contribution in [0.3, 0.4) is 0 Å². The molecule has 1 aromatic heterocycles. The minimum atomic E-state index is -0.183. The van der Waals surface area contributed by atoms with Gasteiger partial charge in [0, 0.05) is 18.9 Å². The fourth-order valence-electron chi connectivity index (χ4n) is 2.48. The van der Waals surface area contributed by atoms with Crippen LogP contribution >= 0.6 is 0 Å². The van der Waals surface area contributed by atoms with Gasteiger partial charge in [-0.25, -0.2) is 0 Å². The lowest BCUT2D eigenvalue weighted by Crippen LogP contribution is -2.26. The second-order valence-electron chi connectivity index (χ2n) is 5.06. The van der Waals surface area contributed by atoms with Crippen molar-refractivity contribution in [1.82, 2.24) is 10.1 Å². The summed E-state index contributed by atoms with van der Waals surface area (Å²) in [5.74, 6) is 1.69. The second-order valence-corrected chi connectivity index (χ2v) is 5.06. The zero-order chi connectivity index (χ0) is 11.7. The number of hydrogen-bond donors (Lipinski definition) is 1. The van der Waals surface area contributed by atoms with Gasteiger partial charge in [0.1, 0.15) is 0 Å². The summed E-state index contributed by atoms with van der Waals surface area (Å²) in [6.07, 6.45) is 5.80. The van der Waals surface area contributed by atoms with Crippen molar-refractivity contribution in [2.45, 2.75) is 56.7 Å². The van der Waals surface area contributed by atoms with E-state index in [1.807, 2.05) is 0 Å². The van der Waals surface area contributed by atoms with Gasteiger partial charge in [-0.1, -0.05) is 5.16 Å². The molecule has 2 aliphatic rings. The van der Waals surface area contributed by atoms with E-state index in [2.05, 4.69) is 10.1 Å². The minimum absolute atomic E-state index is 0.183. The van der Waals surface area contributed by atoms with Crippen LogP contribution in [0.25, 0.3) is 0 Å². The smallest absolute Gasteiger partial charge is 0.229 e. The van der Waals surface area contributed by atoms with Crippen molar-refractivity contribution < 1.29 is 14.4 Å². The van der Waals surface area contributed by atoms with Gasteiger partial charge >= 0.3 is 0 Å². The highest BCUT2D eigenvalue weighted by molar-refractivity contribution is 5.02. The molecule has 94 valence electrons. The molecule has 17 heavy (non-hydrogen) atoms. The summed E-state index contributed by atoms with van der Waals surface area (Å²) in [7, 11) is 0. The Morgan fingerprint density at radius 2 is 2.18 bits per heavy atom. The third-order valence-electron chi connectivity index (χ3n) is 3.63. The first-order valence-corrected chi connectivity index (χ1v) is 6.43. The van der Waals surface area contributed by atoms with Crippen molar-refractivity contribution >= 4 is 0 Å². The molecule has 1 atom stereocenters. The third kappa shape index (κ3) is 2.50. The first-order valence-electron chi connectivity index (χ1n) is 6.43. The highest BCUT2D eigenvalue weighted by Gasteiger charge is 2.33. The van der Waals surface area contributed by atoms with Gasteiger partial charge in [0.05, 0.1) is 12.2 Å². The number of hydrogen-bond acceptors (Lipinski definition) is 5. The zero-order valence-electron chi connectivity index (χ0n) is 9.84. The van der Waals surface area contributed by atoms with E-state index in [4.69, 9.17) is 9.26 Å². The van der Waals surface area contributed by atoms with E-state index in [0.717, 1.165) is 44.5 Å². The molecule has 0 spiro atoms. The largest absolute Gasteiger partial charge is 0.393 e. The molecule has 3 rings (SSSR count). The lowest BCUT2D eigenvalue weighted by Gasteiger charge is -2.27. The molecule has 0 aromatic carbocycles. The molecule has 2 fully saturated rings. The SMILES string of the molecule is OC1CC(c2nc(CC3CCCCO3)no2)C1. The summed E-state index contributed by atoms with van der Waals surface area (Å²) in [6, 6.07) is 0. The van der Waals surface area contributed by atoms with Crippen LogP contribution < -0.4 is 0 Å². The minimum Gasteiger partial charge on any atom is -0.393 e.